The van der Waals surface area contributed by atoms with Gasteiger partial charge in [0.1, 0.15) is 0 Å². The van der Waals surface area contributed by atoms with Gasteiger partial charge in [-0.2, -0.15) is 0 Å². The first-order valence-electron chi connectivity index (χ1n) is 8.88. The number of ether oxygens (including phenoxy) is 2. The van der Waals surface area contributed by atoms with E-state index in [4.69, 9.17) is 9.47 Å². The molecule has 0 aliphatic carbocycles. The number of hydrogen-bond acceptors (Lipinski definition) is 4. The lowest BCUT2D eigenvalue weighted by Crippen LogP contribution is -2.36. The summed E-state index contributed by atoms with van der Waals surface area (Å²) in [4.78, 5) is 23.6. The molecule has 0 saturated heterocycles. The quantitative estimate of drug-likeness (QED) is 0.729. The summed E-state index contributed by atoms with van der Waals surface area (Å²) in [7, 11) is 0. The number of rotatable bonds is 6. The maximum Gasteiger partial charge on any atom is 0.315 e. The van der Waals surface area contributed by atoms with E-state index in [0.29, 0.717) is 24.5 Å². The molecule has 2 aromatic rings. The Bertz CT molecular complexity index is 820. The van der Waals surface area contributed by atoms with Crippen LogP contribution in [0.3, 0.4) is 0 Å². The van der Waals surface area contributed by atoms with Gasteiger partial charge >= 0.3 is 6.03 Å². The van der Waals surface area contributed by atoms with Crippen molar-refractivity contribution in [1.82, 2.24) is 10.6 Å². The number of carbonyl (C=O) groups excluding carboxylic acids is 2. The molecular weight excluding hydrogens is 346 g/mol. The molecule has 1 aliphatic heterocycles. The SMILES string of the molecule is CCC(=O)Nc1ccc([C@H](C)NC(=O)NCc2cccc3c2OCO3)cc1. The summed E-state index contributed by atoms with van der Waals surface area (Å²) < 4.78 is 10.8. The Balaban J connectivity index is 1.52. The van der Waals surface area contributed by atoms with Crippen LogP contribution in [0.5, 0.6) is 11.5 Å². The van der Waals surface area contributed by atoms with Crippen molar-refractivity contribution in [2.24, 2.45) is 0 Å². The van der Waals surface area contributed by atoms with Crippen molar-refractivity contribution in [1.29, 1.82) is 0 Å². The second-order valence-electron chi connectivity index (χ2n) is 6.22. The average Bonchev–Trinajstić information content (AvgIpc) is 3.16. The third-order valence-corrected chi connectivity index (χ3v) is 4.28. The number of hydrogen-bond donors (Lipinski definition) is 3. The van der Waals surface area contributed by atoms with Gasteiger partial charge in [0.15, 0.2) is 11.5 Å². The molecule has 3 N–H and O–H groups in total. The maximum atomic E-state index is 12.2. The first kappa shape index (κ1) is 18.6. The third kappa shape index (κ3) is 4.69. The molecule has 27 heavy (non-hydrogen) atoms. The molecule has 142 valence electrons. The maximum absolute atomic E-state index is 12.2. The molecule has 0 bridgehead atoms. The van der Waals surface area contributed by atoms with Crippen molar-refractivity contribution >= 4 is 17.6 Å². The molecule has 0 saturated carbocycles. The van der Waals surface area contributed by atoms with Gasteiger partial charge in [-0.3, -0.25) is 4.79 Å². The van der Waals surface area contributed by atoms with Gasteiger partial charge in [0.05, 0.1) is 6.04 Å². The Labute approximate surface area is 158 Å². The van der Waals surface area contributed by atoms with Crippen LogP contribution in [0.1, 0.15) is 37.4 Å². The van der Waals surface area contributed by atoms with E-state index in [2.05, 4.69) is 16.0 Å². The summed E-state index contributed by atoms with van der Waals surface area (Å²) in [6.45, 7) is 4.24. The molecule has 0 spiro atoms. The number of anilines is 1. The van der Waals surface area contributed by atoms with Gasteiger partial charge < -0.3 is 25.4 Å². The predicted octanol–water partition coefficient (Wildman–Crippen LogP) is 3.32. The Kier molecular flexibility index (Phi) is 5.80. The molecule has 0 unspecified atom stereocenters. The van der Waals surface area contributed by atoms with Gasteiger partial charge in [-0.05, 0) is 30.7 Å². The summed E-state index contributed by atoms with van der Waals surface area (Å²) in [6.07, 6.45) is 0.432. The molecule has 7 heteroatoms. The number of amides is 3. The molecule has 0 radical (unpaired) electrons. The molecule has 1 aliphatic rings. The first-order valence-corrected chi connectivity index (χ1v) is 8.88. The number of benzene rings is 2. The van der Waals surface area contributed by atoms with Crippen LogP contribution >= 0.6 is 0 Å². The van der Waals surface area contributed by atoms with Crippen LogP contribution in [-0.2, 0) is 11.3 Å². The largest absolute Gasteiger partial charge is 0.454 e. The van der Waals surface area contributed by atoms with E-state index in [-0.39, 0.29) is 24.8 Å². The van der Waals surface area contributed by atoms with Crippen LogP contribution < -0.4 is 25.4 Å². The van der Waals surface area contributed by atoms with E-state index in [0.717, 1.165) is 16.8 Å². The highest BCUT2D eigenvalue weighted by molar-refractivity contribution is 5.90. The first-order chi connectivity index (χ1) is 13.1. The molecule has 7 nitrogen and oxygen atoms in total. The molecule has 3 rings (SSSR count). The molecule has 0 aromatic heterocycles. The lowest BCUT2D eigenvalue weighted by molar-refractivity contribution is -0.115. The van der Waals surface area contributed by atoms with E-state index < -0.39 is 0 Å². The topological polar surface area (TPSA) is 88.7 Å². The highest BCUT2D eigenvalue weighted by Gasteiger charge is 2.17. The van der Waals surface area contributed by atoms with Crippen LogP contribution in [0.25, 0.3) is 0 Å². The summed E-state index contributed by atoms with van der Waals surface area (Å²) in [5, 5.41) is 8.52. The number of fused-ring (bicyclic) bond motifs is 1. The van der Waals surface area contributed by atoms with E-state index in [1.807, 2.05) is 49.4 Å². The number of para-hydroxylation sites is 1. The minimum atomic E-state index is -0.276. The normalized spacial score (nSPS) is 13.0. The van der Waals surface area contributed by atoms with E-state index >= 15 is 0 Å². The molecule has 1 heterocycles. The summed E-state index contributed by atoms with van der Waals surface area (Å²) in [5.74, 6) is 1.34. The van der Waals surface area contributed by atoms with Gasteiger partial charge in [-0.15, -0.1) is 0 Å². The van der Waals surface area contributed by atoms with Crippen LogP contribution in [0, 0.1) is 0 Å². The van der Waals surface area contributed by atoms with Crippen molar-refractivity contribution < 1.29 is 19.1 Å². The Morgan fingerprint density at radius 1 is 1.11 bits per heavy atom. The zero-order valence-electron chi connectivity index (χ0n) is 15.4. The van der Waals surface area contributed by atoms with Crippen molar-refractivity contribution in [3.05, 3.63) is 53.6 Å². The monoisotopic (exact) mass is 369 g/mol. The van der Waals surface area contributed by atoms with Gasteiger partial charge in [-0.1, -0.05) is 31.2 Å². The van der Waals surface area contributed by atoms with Crippen molar-refractivity contribution in [3.8, 4) is 11.5 Å². The van der Waals surface area contributed by atoms with Gasteiger partial charge in [0.2, 0.25) is 12.7 Å². The second kappa shape index (κ2) is 8.44. The summed E-state index contributed by atoms with van der Waals surface area (Å²) >= 11 is 0. The van der Waals surface area contributed by atoms with Crippen molar-refractivity contribution in [3.63, 3.8) is 0 Å². The van der Waals surface area contributed by atoms with Crippen LogP contribution in [0.15, 0.2) is 42.5 Å². The highest BCUT2D eigenvalue weighted by Crippen LogP contribution is 2.35. The number of nitrogens with one attached hydrogen (secondary N) is 3. The van der Waals surface area contributed by atoms with Gasteiger partial charge in [-0.25, -0.2) is 4.79 Å². The lowest BCUT2D eigenvalue weighted by atomic mass is 10.1. The predicted molar refractivity (Wildman–Crippen MR) is 102 cm³/mol. The molecule has 0 fully saturated rings. The van der Waals surface area contributed by atoms with Crippen LogP contribution in [-0.4, -0.2) is 18.7 Å². The fourth-order valence-electron chi connectivity index (χ4n) is 2.74. The number of urea groups is 1. The van der Waals surface area contributed by atoms with E-state index in [9.17, 15) is 9.59 Å². The standard InChI is InChI=1S/C20H23N3O4/c1-3-18(24)23-16-9-7-14(8-10-16)13(2)22-20(25)21-11-15-5-4-6-17-19(15)27-12-26-17/h4-10,13H,3,11-12H2,1-2H3,(H,23,24)(H2,21,22,25)/t13-/m0/s1. The molecular formula is C20H23N3O4. The Morgan fingerprint density at radius 3 is 2.63 bits per heavy atom. The average molecular weight is 369 g/mol. The van der Waals surface area contributed by atoms with Gasteiger partial charge in [0, 0.05) is 24.2 Å². The summed E-state index contributed by atoms with van der Waals surface area (Å²) in [6, 6.07) is 12.5. The fourth-order valence-corrected chi connectivity index (χ4v) is 2.74. The number of carbonyl (C=O) groups is 2. The summed E-state index contributed by atoms with van der Waals surface area (Å²) in [5.41, 5.74) is 2.54. The molecule has 2 aromatic carbocycles. The van der Waals surface area contributed by atoms with Crippen molar-refractivity contribution in [2.75, 3.05) is 12.1 Å². The zero-order chi connectivity index (χ0) is 19.2. The smallest absolute Gasteiger partial charge is 0.315 e. The van der Waals surface area contributed by atoms with E-state index in [1.165, 1.54) is 0 Å². The second-order valence-corrected chi connectivity index (χ2v) is 6.22. The fraction of sp³-hybridized carbons (Fsp3) is 0.300. The Hall–Kier alpha value is -3.22. The minimum Gasteiger partial charge on any atom is -0.454 e. The van der Waals surface area contributed by atoms with E-state index in [1.54, 1.807) is 6.92 Å². The zero-order valence-corrected chi connectivity index (χ0v) is 15.4. The third-order valence-electron chi connectivity index (χ3n) is 4.28. The highest BCUT2D eigenvalue weighted by atomic mass is 16.7. The minimum absolute atomic E-state index is 0.0323. The van der Waals surface area contributed by atoms with Gasteiger partial charge in [0.25, 0.3) is 0 Å². The Morgan fingerprint density at radius 2 is 1.89 bits per heavy atom. The van der Waals surface area contributed by atoms with Crippen LogP contribution in [0.2, 0.25) is 0 Å². The van der Waals surface area contributed by atoms with Crippen molar-refractivity contribution in [2.45, 2.75) is 32.9 Å². The lowest BCUT2D eigenvalue weighted by Gasteiger charge is -2.16. The molecule has 3 amide bonds. The molecule has 1 atom stereocenters. The van der Waals surface area contributed by atoms with Crippen LogP contribution in [0.4, 0.5) is 10.5 Å².